The normalized spacial score (nSPS) is 17.9. The van der Waals surface area contributed by atoms with Gasteiger partial charge in [-0.1, -0.05) is 55.8 Å². The number of nitrogens with zero attached hydrogens (tertiary/aromatic N) is 2. The van der Waals surface area contributed by atoms with Crippen molar-refractivity contribution in [3.8, 4) is 5.75 Å². The quantitative estimate of drug-likeness (QED) is 0.363. The topological polar surface area (TPSA) is 70.1 Å². The van der Waals surface area contributed by atoms with Crippen LogP contribution in [-0.2, 0) is 9.59 Å². The molecule has 1 fully saturated rings. The first kappa shape index (κ1) is 23.5. The van der Waals surface area contributed by atoms with E-state index in [0.29, 0.717) is 17.9 Å². The monoisotopic (exact) mass is 436 g/mol. The minimum absolute atomic E-state index is 0.120. The Morgan fingerprint density at radius 1 is 1.09 bits per heavy atom. The van der Waals surface area contributed by atoms with Gasteiger partial charge in [0.15, 0.2) is 0 Å². The first-order chi connectivity index (χ1) is 15.4. The number of benzene rings is 2. The molecule has 0 saturated carbocycles. The van der Waals surface area contributed by atoms with Crippen LogP contribution in [0.5, 0.6) is 5.75 Å². The molecule has 1 aliphatic heterocycles. The highest BCUT2D eigenvalue weighted by atomic mass is 16.5. The number of methoxy groups -OCH3 is 1. The van der Waals surface area contributed by atoms with E-state index in [4.69, 9.17) is 4.74 Å². The van der Waals surface area contributed by atoms with Gasteiger partial charge >= 0.3 is 0 Å². The summed E-state index contributed by atoms with van der Waals surface area (Å²) in [5.41, 5.74) is 2.46. The average molecular weight is 437 g/mol. The summed E-state index contributed by atoms with van der Waals surface area (Å²) in [4.78, 5) is 30.0. The van der Waals surface area contributed by atoms with Gasteiger partial charge in [0.2, 0.25) is 0 Å². The first-order valence-electron chi connectivity index (χ1n) is 11.1. The predicted octanol–water partition coefficient (Wildman–Crippen LogP) is 4.16. The van der Waals surface area contributed by atoms with Crippen LogP contribution in [0.25, 0.3) is 5.76 Å². The van der Waals surface area contributed by atoms with Crippen molar-refractivity contribution in [2.45, 2.75) is 33.2 Å². The lowest BCUT2D eigenvalue weighted by atomic mass is 9.94. The number of hydrogen-bond donors (Lipinski definition) is 1. The number of carbonyl (C=O) groups is 2. The Morgan fingerprint density at radius 3 is 2.41 bits per heavy atom. The van der Waals surface area contributed by atoms with Gasteiger partial charge in [0.25, 0.3) is 11.7 Å². The third-order valence-corrected chi connectivity index (χ3v) is 6.04. The molecular weight excluding hydrogens is 404 g/mol. The van der Waals surface area contributed by atoms with Gasteiger partial charge in [0.05, 0.1) is 18.7 Å². The second-order valence-corrected chi connectivity index (χ2v) is 8.02. The number of aliphatic hydroxyl groups is 1. The summed E-state index contributed by atoms with van der Waals surface area (Å²) in [5.74, 6) is -0.841. The average Bonchev–Trinajstić information content (AvgIpc) is 3.07. The van der Waals surface area contributed by atoms with E-state index in [1.54, 1.807) is 36.3 Å². The minimum Gasteiger partial charge on any atom is -0.507 e. The zero-order valence-corrected chi connectivity index (χ0v) is 19.3. The number of ether oxygens (including phenoxy) is 1. The number of Topliss-reactive ketones (excluding diaryl/α,β-unsaturated/α-hetero) is 1. The molecule has 0 aliphatic carbocycles. The molecule has 0 spiro atoms. The van der Waals surface area contributed by atoms with Crippen molar-refractivity contribution in [3.63, 3.8) is 0 Å². The summed E-state index contributed by atoms with van der Waals surface area (Å²) in [6.07, 6.45) is 0.746. The van der Waals surface area contributed by atoms with Crippen LogP contribution in [0.2, 0.25) is 0 Å². The number of aliphatic hydroxyl groups excluding tert-OH is 1. The van der Waals surface area contributed by atoms with Crippen molar-refractivity contribution in [2.24, 2.45) is 0 Å². The summed E-state index contributed by atoms with van der Waals surface area (Å²) in [5, 5.41) is 11.1. The summed E-state index contributed by atoms with van der Waals surface area (Å²) < 4.78 is 5.26. The molecule has 2 aromatic rings. The zero-order valence-electron chi connectivity index (χ0n) is 19.3. The SMILES string of the molecule is CCN(CC)CCCN1C(=O)C(=O)C(=C(O)c2cccc(OC)c2)[C@@H]1c1ccc(C)cc1. The number of amides is 1. The van der Waals surface area contributed by atoms with Crippen molar-refractivity contribution in [2.75, 3.05) is 33.3 Å². The Labute approximate surface area is 190 Å². The van der Waals surface area contributed by atoms with Crippen LogP contribution in [-0.4, -0.2) is 59.9 Å². The van der Waals surface area contributed by atoms with E-state index in [0.717, 1.165) is 37.2 Å². The van der Waals surface area contributed by atoms with E-state index in [2.05, 4.69) is 18.7 Å². The third-order valence-electron chi connectivity index (χ3n) is 6.04. The van der Waals surface area contributed by atoms with Crippen LogP contribution in [0.1, 0.15) is 43.0 Å². The Kier molecular flexibility index (Phi) is 7.70. The van der Waals surface area contributed by atoms with Crippen LogP contribution in [0.3, 0.4) is 0 Å². The molecule has 1 aliphatic rings. The van der Waals surface area contributed by atoms with Crippen molar-refractivity contribution in [1.82, 2.24) is 9.80 Å². The van der Waals surface area contributed by atoms with E-state index in [-0.39, 0.29) is 11.3 Å². The van der Waals surface area contributed by atoms with E-state index in [1.165, 1.54) is 0 Å². The van der Waals surface area contributed by atoms with E-state index >= 15 is 0 Å². The maximum absolute atomic E-state index is 13.1. The maximum atomic E-state index is 13.1. The van der Waals surface area contributed by atoms with Gasteiger partial charge in [-0.15, -0.1) is 0 Å². The Balaban J connectivity index is 2.03. The lowest BCUT2D eigenvalue weighted by Gasteiger charge is -2.27. The summed E-state index contributed by atoms with van der Waals surface area (Å²) in [6.45, 7) is 9.35. The van der Waals surface area contributed by atoms with Crippen LogP contribution < -0.4 is 4.74 Å². The number of hydrogen-bond acceptors (Lipinski definition) is 5. The van der Waals surface area contributed by atoms with Crippen molar-refractivity contribution < 1.29 is 19.4 Å². The van der Waals surface area contributed by atoms with Gasteiger partial charge in [0, 0.05) is 12.1 Å². The molecule has 0 unspecified atom stereocenters. The lowest BCUT2D eigenvalue weighted by molar-refractivity contribution is -0.140. The highest BCUT2D eigenvalue weighted by Gasteiger charge is 2.45. The van der Waals surface area contributed by atoms with Crippen molar-refractivity contribution >= 4 is 17.4 Å². The fourth-order valence-corrected chi connectivity index (χ4v) is 4.14. The van der Waals surface area contributed by atoms with Crippen LogP contribution in [0, 0.1) is 6.92 Å². The van der Waals surface area contributed by atoms with E-state index < -0.39 is 17.7 Å². The maximum Gasteiger partial charge on any atom is 0.295 e. The number of likely N-dealkylation sites (tertiary alicyclic amines) is 1. The molecule has 2 aromatic carbocycles. The van der Waals surface area contributed by atoms with E-state index in [1.807, 2.05) is 31.2 Å². The minimum atomic E-state index is -0.654. The highest BCUT2D eigenvalue weighted by Crippen LogP contribution is 2.39. The van der Waals surface area contributed by atoms with Crippen LogP contribution in [0.4, 0.5) is 0 Å². The fourth-order valence-electron chi connectivity index (χ4n) is 4.14. The Morgan fingerprint density at radius 2 is 1.78 bits per heavy atom. The van der Waals surface area contributed by atoms with Gasteiger partial charge in [-0.05, 0) is 50.7 Å². The largest absolute Gasteiger partial charge is 0.507 e. The van der Waals surface area contributed by atoms with Crippen LogP contribution in [0.15, 0.2) is 54.1 Å². The second-order valence-electron chi connectivity index (χ2n) is 8.02. The Bertz CT molecular complexity index is 993. The molecule has 1 amide bonds. The standard InChI is InChI=1S/C26H32N2O4/c1-5-27(6-2)15-8-16-28-23(19-13-11-18(3)12-14-19)22(25(30)26(28)31)24(29)20-9-7-10-21(17-20)32-4/h7,9-14,17,23,29H,5-6,8,15-16H2,1-4H3/t23-/m0/s1. The molecular formula is C26H32N2O4. The molecule has 0 aromatic heterocycles. The van der Waals surface area contributed by atoms with Crippen molar-refractivity contribution in [3.05, 3.63) is 70.8 Å². The number of rotatable bonds is 9. The Hall–Kier alpha value is -3.12. The van der Waals surface area contributed by atoms with Gasteiger partial charge in [-0.25, -0.2) is 0 Å². The molecule has 1 heterocycles. The fraction of sp³-hybridized carbons (Fsp3) is 0.385. The summed E-state index contributed by atoms with van der Waals surface area (Å²) >= 11 is 0. The highest BCUT2D eigenvalue weighted by molar-refractivity contribution is 6.46. The smallest absolute Gasteiger partial charge is 0.295 e. The molecule has 6 nitrogen and oxygen atoms in total. The van der Waals surface area contributed by atoms with Gasteiger partial charge in [-0.2, -0.15) is 0 Å². The molecule has 1 saturated heterocycles. The van der Waals surface area contributed by atoms with E-state index in [9.17, 15) is 14.7 Å². The lowest BCUT2D eigenvalue weighted by Crippen LogP contribution is -2.33. The predicted molar refractivity (Wildman–Crippen MR) is 126 cm³/mol. The summed E-state index contributed by atoms with van der Waals surface area (Å²) in [6, 6.07) is 14.0. The van der Waals surface area contributed by atoms with Crippen molar-refractivity contribution in [1.29, 1.82) is 0 Å². The molecule has 1 N–H and O–H groups in total. The molecule has 32 heavy (non-hydrogen) atoms. The number of ketones is 1. The molecule has 1 atom stereocenters. The third kappa shape index (κ3) is 4.86. The number of carbonyl (C=O) groups excluding carboxylic acids is 2. The molecule has 3 rings (SSSR count). The molecule has 170 valence electrons. The molecule has 0 bridgehead atoms. The number of aryl methyl sites for hydroxylation is 1. The van der Waals surface area contributed by atoms with Crippen LogP contribution >= 0.6 is 0 Å². The molecule has 6 heteroatoms. The van der Waals surface area contributed by atoms with Gasteiger partial charge < -0.3 is 19.6 Å². The second kappa shape index (κ2) is 10.5. The van der Waals surface area contributed by atoms with Gasteiger partial charge in [0.1, 0.15) is 11.5 Å². The molecule has 0 radical (unpaired) electrons. The zero-order chi connectivity index (χ0) is 23.3. The van der Waals surface area contributed by atoms with Gasteiger partial charge in [-0.3, -0.25) is 9.59 Å². The summed E-state index contributed by atoms with van der Waals surface area (Å²) in [7, 11) is 1.54. The first-order valence-corrected chi connectivity index (χ1v) is 11.1.